The van der Waals surface area contributed by atoms with Gasteiger partial charge in [0.15, 0.2) is 6.29 Å². The standard InChI is InChI=1S/C24H29N3O3S.C2H6.CH4O/c1-16(23(14-25)31-26-22-13-21(28)15-30-24(22)29)17-5-6-19-12-20(8-7-18(19)11-17)27-9-3-2-4-10-27;2*1-2/h5-8,11-12,21-22,24,26,28-29H,2-4,9-10,13,15H2,1H3;1-2H3;2H,1H3/b23-16+;;. The van der Waals surface area contributed by atoms with Gasteiger partial charge in [-0.25, -0.2) is 0 Å². The second-order valence-corrected chi connectivity index (χ2v) is 9.15. The van der Waals surface area contributed by atoms with Gasteiger partial charge in [-0.2, -0.15) is 5.26 Å². The highest BCUT2D eigenvalue weighted by atomic mass is 32.2. The number of aliphatic hydroxyl groups excluding tert-OH is 3. The van der Waals surface area contributed by atoms with Crippen LogP contribution in [0.2, 0.25) is 0 Å². The molecule has 3 unspecified atom stereocenters. The van der Waals surface area contributed by atoms with Gasteiger partial charge in [0, 0.05) is 25.9 Å². The van der Waals surface area contributed by atoms with Crippen molar-refractivity contribution in [3.05, 3.63) is 46.9 Å². The van der Waals surface area contributed by atoms with Crippen LogP contribution in [0.15, 0.2) is 41.3 Å². The first-order valence-electron chi connectivity index (χ1n) is 12.3. The Bertz CT molecular complexity index is 1000. The smallest absolute Gasteiger partial charge is 0.171 e. The number of nitriles is 1. The number of nitrogens with one attached hydrogen (secondary N) is 1. The fourth-order valence-corrected chi connectivity index (χ4v) is 4.97. The lowest BCUT2D eigenvalue weighted by atomic mass is 10.0. The number of nitrogens with zero attached hydrogens (tertiary/aromatic N) is 2. The molecule has 0 aliphatic carbocycles. The van der Waals surface area contributed by atoms with Crippen LogP contribution in [-0.4, -0.2) is 60.6 Å². The summed E-state index contributed by atoms with van der Waals surface area (Å²) >= 11 is 1.17. The van der Waals surface area contributed by atoms with Gasteiger partial charge in [-0.1, -0.05) is 32.0 Å². The number of rotatable bonds is 5. The Kier molecular flexibility index (Phi) is 12.6. The Labute approximate surface area is 213 Å². The van der Waals surface area contributed by atoms with Crippen LogP contribution < -0.4 is 9.62 Å². The Morgan fingerprint density at radius 1 is 1.06 bits per heavy atom. The van der Waals surface area contributed by atoms with E-state index < -0.39 is 18.4 Å². The second-order valence-electron chi connectivity index (χ2n) is 8.30. The van der Waals surface area contributed by atoms with E-state index in [9.17, 15) is 15.5 Å². The number of hydrogen-bond acceptors (Lipinski definition) is 8. The van der Waals surface area contributed by atoms with Gasteiger partial charge in [0.25, 0.3) is 0 Å². The number of piperidine rings is 1. The molecule has 4 N–H and O–H groups in total. The largest absolute Gasteiger partial charge is 0.400 e. The molecule has 35 heavy (non-hydrogen) atoms. The zero-order valence-electron chi connectivity index (χ0n) is 21.2. The van der Waals surface area contributed by atoms with Crippen LogP contribution in [0, 0.1) is 11.3 Å². The Morgan fingerprint density at radius 3 is 2.40 bits per heavy atom. The lowest BCUT2D eigenvalue weighted by molar-refractivity contribution is -0.168. The van der Waals surface area contributed by atoms with Crippen LogP contribution in [-0.2, 0) is 4.74 Å². The maximum absolute atomic E-state index is 9.95. The summed E-state index contributed by atoms with van der Waals surface area (Å²) in [7, 11) is 1.00. The number of fused-ring (bicyclic) bond motifs is 1. The summed E-state index contributed by atoms with van der Waals surface area (Å²) in [5.41, 5.74) is 3.14. The monoisotopic (exact) mass is 501 g/mol. The number of ether oxygens (including phenoxy) is 1. The van der Waals surface area contributed by atoms with Crippen molar-refractivity contribution in [1.29, 1.82) is 5.26 Å². The van der Waals surface area contributed by atoms with Gasteiger partial charge in [-0.05, 0) is 84.7 Å². The summed E-state index contributed by atoms with van der Waals surface area (Å²) in [6, 6.07) is 14.7. The molecule has 8 heteroatoms. The van der Waals surface area contributed by atoms with Gasteiger partial charge >= 0.3 is 0 Å². The molecule has 192 valence electrons. The van der Waals surface area contributed by atoms with Gasteiger partial charge in [0.05, 0.1) is 18.8 Å². The van der Waals surface area contributed by atoms with Crippen molar-refractivity contribution in [2.75, 3.05) is 31.7 Å². The summed E-state index contributed by atoms with van der Waals surface area (Å²) in [6.07, 6.45) is 2.60. The highest BCUT2D eigenvalue weighted by molar-refractivity contribution is 8.01. The second kappa shape index (κ2) is 15.1. The maximum atomic E-state index is 9.95. The molecule has 0 amide bonds. The van der Waals surface area contributed by atoms with E-state index in [1.807, 2.05) is 20.8 Å². The SMILES string of the molecule is C/C(=C(/C#N)SNC1CC(O)COC1O)c1ccc2cc(N3CCCCC3)ccc2c1.CC.CO. The molecule has 0 radical (unpaired) electrons. The van der Waals surface area contributed by atoms with Crippen molar-refractivity contribution in [3.63, 3.8) is 0 Å². The minimum Gasteiger partial charge on any atom is -0.400 e. The van der Waals surface area contributed by atoms with Gasteiger partial charge < -0.3 is 25.0 Å². The Balaban J connectivity index is 0.00000103. The van der Waals surface area contributed by atoms with Crippen LogP contribution in [0.3, 0.4) is 0 Å². The minimum atomic E-state index is -0.995. The predicted octanol–water partition coefficient (Wildman–Crippen LogP) is 4.43. The van der Waals surface area contributed by atoms with Gasteiger partial charge in [-0.3, -0.25) is 4.72 Å². The molecule has 0 saturated carbocycles. The number of allylic oxidation sites excluding steroid dienone is 2. The molecule has 2 saturated heterocycles. The first-order valence-corrected chi connectivity index (χ1v) is 13.1. The highest BCUT2D eigenvalue weighted by Gasteiger charge is 2.29. The molecule has 7 nitrogen and oxygen atoms in total. The fraction of sp³-hybridized carbons (Fsp3) is 0.519. The van der Waals surface area contributed by atoms with Crippen LogP contribution >= 0.6 is 11.9 Å². The molecule has 4 rings (SSSR count). The third-order valence-electron chi connectivity index (χ3n) is 6.06. The van der Waals surface area contributed by atoms with E-state index in [4.69, 9.17) is 9.84 Å². The number of anilines is 1. The summed E-state index contributed by atoms with van der Waals surface area (Å²) in [5, 5.41) is 38.7. The van der Waals surface area contributed by atoms with E-state index in [0.29, 0.717) is 11.3 Å². The molecular weight excluding hydrogens is 462 g/mol. The first kappa shape index (κ1) is 29.1. The van der Waals surface area contributed by atoms with E-state index >= 15 is 0 Å². The molecule has 2 aromatic rings. The normalized spacial score (nSPS) is 22.7. The zero-order valence-corrected chi connectivity index (χ0v) is 22.0. The van der Waals surface area contributed by atoms with Crippen molar-refractivity contribution in [1.82, 2.24) is 4.72 Å². The molecule has 2 heterocycles. The van der Waals surface area contributed by atoms with Crippen LogP contribution in [0.4, 0.5) is 5.69 Å². The molecular formula is C27H39N3O4S. The van der Waals surface area contributed by atoms with Crippen molar-refractivity contribution in [2.45, 2.75) is 64.9 Å². The van der Waals surface area contributed by atoms with Gasteiger partial charge in [0.2, 0.25) is 0 Å². The molecule has 0 spiro atoms. The van der Waals surface area contributed by atoms with E-state index in [1.165, 1.54) is 42.3 Å². The van der Waals surface area contributed by atoms with Gasteiger partial charge in [0.1, 0.15) is 11.0 Å². The summed E-state index contributed by atoms with van der Waals surface area (Å²) < 4.78 is 8.22. The third-order valence-corrected chi connectivity index (χ3v) is 7.08. The van der Waals surface area contributed by atoms with Crippen LogP contribution in [0.25, 0.3) is 16.3 Å². The van der Waals surface area contributed by atoms with Crippen LogP contribution in [0.1, 0.15) is 52.0 Å². The summed E-state index contributed by atoms with van der Waals surface area (Å²) in [4.78, 5) is 2.98. The van der Waals surface area contributed by atoms with Crippen molar-refractivity contribution >= 4 is 34.0 Å². The lowest BCUT2D eigenvalue weighted by Crippen LogP contribution is -2.46. The van der Waals surface area contributed by atoms with E-state index in [1.54, 1.807) is 0 Å². The van der Waals surface area contributed by atoms with E-state index in [-0.39, 0.29) is 6.61 Å². The molecule has 2 aromatic carbocycles. The predicted molar refractivity (Wildman–Crippen MR) is 145 cm³/mol. The summed E-state index contributed by atoms with van der Waals surface area (Å²) in [6.45, 7) is 8.30. The number of benzene rings is 2. The third kappa shape index (κ3) is 7.94. The maximum Gasteiger partial charge on any atom is 0.171 e. The quantitative estimate of drug-likeness (QED) is 0.352. The van der Waals surface area contributed by atoms with Crippen molar-refractivity contribution in [2.24, 2.45) is 0 Å². The lowest BCUT2D eigenvalue weighted by Gasteiger charge is -2.31. The van der Waals surface area contributed by atoms with Gasteiger partial charge in [-0.15, -0.1) is 0 Å². The molecule has 3 atom stereocenters. The first-order chi connectivity index (χ1) is 17.0. The molecule has 2 fully saturated rings. The Morgan fingerprint density at radius 2 is 1.71 bits per heavy atom. The number of hydrogen-bond donors (Lipinski definition) is 4. The van der Waals surface area contributed by atoms with Crippen molar-refractivity contribution < 1.29 is 20.1 Å². The molecule has 0 bridgehead atoms. The summed E-state index contributed by atoms with van der Waals surface area (Å²) in [5.74, 6) is 0. The van der Waals surface area contributed by atoms with E-state index in [0.717, 1.165) is 36.7 Å². The van der Waals surface area contributed by atoms with Crippen molar-refractivity contribution in [3.8, 4) is 6.07 Å². The average Bonchev–Trinajstić information content (AvgIpc) is 2.93. The topological polar surface area (TPSA) is 109 Å². The molecule has 2 aliphatic heterocycles. The van der Waals surface area contributed by atoms with Crippen LogP contribution in [0.5, 0.6) is 0 Å². The average molecular weight is 502 g/mol. The molecule has 2 aliphatic rings. The zero-order chi connectivity index (χ0) is 25.8. The number of aliphatic hydroxyl groups is 3. The fourth-order valence-electron chi connectivity index (χ4n) is 4.17. The Hall–Kier alpha value is -2.12. The van der Waals surface area contributed by atoms with E-state index in [2.05, 4.69) is 52.1 Å². The minimum absolute atomic E-state index is 0.126. The molecule has 0 aromatic heterocycles. The highest BCUT2D eigenvalue weighted by Crippen LogP contribution is 2.30.